The lowest BCUT2D eigenvalue weighted by Crippen LogP contribution is -2.52. The van der Waals surface area contributed by atoms with Crippen LogP contribution in [0.25, 0.3) is 0 Å². The van der Waals surface area contributed by atoms with Gasteiger partial charge in [0.1, 0.15) is 0 Å². The summed E-state index contributed by atoms with van der Waals surface area (Å²) in [5, 5.41) is 6.73. The fourth-order valence-electron chi connectivity index (χ4n) is 3.25. The number of piperidine rings is 1. The Kier molecular flexibility index (Phi) is 6.97. The maximum Gasteiger partial charge on any atom is 0.237 e. The molecule has 4 nitrogen and oxygen atoms in total. The molecule has 1 heterocycles. The second-order valence-corrected chi connectivity index (χ2v) is 6.75. The van der Waals surface area contributed by atoms with E-state index in [1.807, 2.05) is 0 Å². The molecule has 1 aliphatic heterocycles. The fourth-order valence-corrected chi connectivity index (χ4v) is 3.25. The predicted octanol–water partition coefficient (Wildman–Crippen LogP) is 2.29. The van der Waals surface area contributed by atoms with Crippen LogP contribution in [0.2, 0.25) is 0 Å². The van der Waals surface area contributed by atoms with Crippen LogP contribution in [0.1, 0.15) is 65.2 Å². The molecule has 4 heteroatoms. The second kappa shape index (κ2) is 8.74. The van der Waals surface area contributed by atoms with E-state index in [1.54, 1.807) is 0 Å². The van der Waals surface area contributed by atoms with Crippen LogP contribution in [0.5, 0.6) is 0 Å². The first kappa shape index (κ1) is 16.8. The van der Waals surface area contributed by atoms with Gasteiger partial charge in [0.25, 0.3) is 0 Å². The second-order valence-electron chi connectivity index (χ2n) is 6.75. The average Bonchev–Trinajstić information content (AvgIpc) is 3.34. The number of nitrogens with zero attached hydrogens (tertiary/aromatic N) is 1. The third-order valence-electron chi connectivity index (χ3n) is 4.82. The largest absolute Gasteiger partial charge is 0.355 e. The number of rotatable bonds is 9. The molecular weight excluding hydrogens is 262 g/mol. The van der Waals surface area contributed by atoms with Crippen molar-refractivity contribution in [1.29, 1.82) is 0 Å². The molecular formula is C17H33N3O. The van der Waals surface area contributed by atoms with Crippen molar-refractivity contribution in [2.24, 2.45) is 0 Å². The number of carbonyl (C=O) groups is 1. The molecule has 2 rings (SSSR count). The van der Waals surface area contributed by atoms with Crippen molar-refractivity contribution in [3.05, 3.63) is 0 Å². The van der Waals surface area contributed by atoms with Crippen LogP contribution < -0.4 is 10.6 Å². The van der Waals surface area contributed by atoms with Gasteiger partial charge in [0.15, 0.2) is 0 Å². The number of unbranched alkanes of at least 4 members (excludes halogenated alkanes) is 2. The molecule has 0 spiro atoms. The summed E-state index contributed by atoms with van der Waals surface area (Å²) in [7, 11) is 0. The topological polar surface area (TPSA) is 44.4 Å². The Hall–Kier alpha value is -0.610. The Labute approximate surface area is 130 Å². The van der Waals surface area contributed by atoms with E-state index in [9.17, 15) is 4.79 Å². The van der Waals surface area contributed by atoms with Gasteiger partial charge in [-0.3, -0.25) is 9.69 Å². The molecule has 1 amide bonds. The minimum atomic E-state index is 0.0165. The number of amides is 1. The van der Waals surface area contributed by atoms with Gasteiger partial charge in [0, 0.05) is 25.2 Å². The lowest BCUT2D eigenvalue weighted by atomic mass is 10.0. The number of hydrogen-bond donors (Lipinski definition) is 2. The first-order chi connectivity index (χ1) is 10.2. The van der Waals surface area contributed by atoms with Crippen molar-refractivity contribution in [3.8, 4) is 0 Å². The Morgan fingerprint density at radius 2 is 2.10 bits per heavy atom. The third-order valence-corrected chi connectivity index (χ3v) is 4.82. The third kappa shape index (κ3) is 5.59. The first-order valence-corrected chi connectivity index (χ1v) is 8.99. The zero-order valence-corrected chi connectivity index (χ0v) is 13.9. The highest BCUT2D eigenvalue weighted by molar-refractivity contribution is 5.81. The molecule has 1 aliphatic carbocycles. The van der Waals surface area contributed by atoms with Gasteiger partial charge in [-0.1, -0.05) is 26.2 Å². The maximum absolute atomic E-state index is 12.3. The van der Waals surface area contributed by atoms with E-state index in [0.29, 0.717) is 12.1 Å². The molecule has 0 radical (unpaired) electrons. The molecule has 2 atom stereocenters. The quantitative estimate of drug-likeness (QED) is 0.642. The van der Waals surface area contributed by atoms with Gasteiger partial charge in [-0.2, -0.15) is 0 Å². The van der Waals surface area contributed by atoms with E-state index in [4.69, 9.17) is 0 Å². The fraction of sp³-hybridized carbons (Fsp3) is 0.941. The van der Waals surface area contributed by atoms with E-state index in [2.05, 4.69) is 29.4 Å². The van der Waals surface area contributed by atoms with Gasteiger partial charge < -0.3 is 10.6 Å². The van der Waals surface area contributed by atoms with Gasteiger partial charge in [-0.25, -0.2) is 0 Å². The summed E-state index contributed by atoms with van der Waals surface area (Å²) in [6.07, 6.45) is 9.91. The normalized spacial score (nSPS) is 24.0. The van der Waals surface area contributed by atoms with Crippen LogP contribution in [-0.4, -0.2) is 48.6 Å². The van der Waals surface area contributed by atoms with Gasteiger partial charge in [0.05, 0.1) is 6.04 Å². The smallest absolute Gasteiger partial charge is 0.237 e. The summed E-state index contributed by atoms with van der Waals surface area (Å²) in [4.78, 5) is 14.8. The van der Waals surface area contributed by atoms with Crippen molar-refractivity contribution < 1.29 is 4.79 Å². The maximum atomic E-state index is 12.3. The molecule has 0 aromatic rings. The minimum absolute atomic E-state index is 0.0165. The van der Waals surface area contributed by atoms with Crippen LogP contribution >= 0.6 is 0 Å². The molecule has 122 valence electrons. The molecule has 2 unspecified atom stereocenters. The van der Waals surface area contributed by atoms with Crippen LogP contribution in [0.15, 0.2) is 0 Å². The minimum Gasteiger partial charge on any atom is -0.355 e. The van der Waals surface area contributed by atoms with Crippen molar-refractivity contribution >= 4 is 5.91 Å². The van der Waals surface area contributed by atoms with Gasteiger partial charge >= 0.3 is 0 Å². The van der Waals surface area contributed by atoms with Crippen molar-refractivity contribution in [2.75, 3.05) is 19.6 Å². The van der Waals surface area contributed by atoms with E-state index in [1.165, 1.54) is 44.9 Å². The van der Waals surface area contributed by atoms with Crippen molar-refractivity contribution in [1.82, 2.24) is 15.5 Å². The van der Waals surface area contributed by atoms with Gasteiger partial charge in [-0.05, 0) is 45.6 Å². The highest BCUT2D eigenvalue weighted by Crippen LogP contribution is 2.29. The Balaban J connectivity index is 1.77. The average molecular weight is 295 g/mol. The molecule has 0 bridgehead atoms. The van der Waals surface area contributed by atoms with Crippen molar-refractivity contribution in [2.45, 2.75) is 83.3 Å². The molecule has 2 N–H and O–H groups in total. The number of nitrogens with one attached hydrogen (secondary N) is 2. The Morgan fingerprint density at radius 1 is 1.29 bits per heavy atom. The van der Waals surface area contributed by atoms with Crippen LogP contribution in [-0.2, 0) is 4.79 Å². The molecule has 1 saturated carbocycles. The first-order valence-electron chi connectivity index (χ1n) is 8.99. The highest BCUT2D eigenvalue weighted by atomic mass is 16.2. The summed E-state index contributed by atoms with van der Waals surface area (Å²) in [5.74, 6) is 0.216. The molecule has 1 saturated heterocycles. The number of carbonyl (C=O) groups excluding carboxylic acids is 1. The number of hydrogen-bond acceptors (Lipinski definition) is 3. The molecule has 2 aliphatic rings. The van der Waals surface area contributed by atoms with Gasteiger partial charge in [0.2, 0.25) is 5.91 Å². The summed E-state index contributed by atoms with van der Waals surface area (Å²) >= 11 is 0. The van der Waals surface area contributed by atoms with E-state index < -0.39 is 0 Å². The standard InChI is InChI=1S/C17H33N3O/c1-3-4-6-12-19-17(21)14(2)20(16-9-10-16)13-15-8-5-7-11-18-15/h14-16,18H,3-13H2,1-2H3,(H,19,21). The van der Waals surface area contributed by atoms with Crippen LogP contribution in [0.3, 0.4) is 0 Å². The summed E-state index contributed by atoms with van der Waals surface area (Å²) < 4.78 is 0. The Bertz CT molecular complexity index is 311. The molecule has 0 aromatic heterocycles. The summed E-state index contributed by atoms with van der Waals surface area (Å²) in [5.41, 5.74) is 0. The van der Waals surface area contributed by atoms with Crippen LogP contribution in [0, 0.1) is 0 Å². The van der Waals surface area contributed by atoms with Gasteiger partial charge in [-0.15, -0.1) is 0 Å². The highest BCUT2D eigenvalue weighted by Gasteiger charge is 2.36. The van der Waals surface area contributed by atoms with E-state index in [-0.39, 0.29) is 11.9 Å². The van der Waals surface area contributed by atoms with E-state index >= 15 is 0 Å². The zero-order chi connectivity index (χ0) is 15.1. The molecule has 2 fully saturated rings. The predicted molar refractivity (Wildman–Crippen MR) is 87.4 cm³/mol. The Morgan fingerprint density at radius 3 is 2.71 bits per heavy atom. The molecule has 21 heavy (non-hydrogen) atoms. The van der Waals surface area contributed by atoms with Crippen molar-refractivity contribution in [3.63, 3.8) is 0 Å². The SMILES string of the molecule is CCCCCNC(=O)C(C)N(CC1CCCCN1)C1CC1. The summed E-state index contributed by atoms with van der Waals surface area (Å²) in [6, 6.07) is 1.24. The lowest BCUT2D eigenvalue weighted by molar-refractivity contribution is -0.126. The lowest BCUT2D eigenvalue weighted by Gasteiger charge is -2.34. The monoisotopic (exact) mass is 295 g/mol. The molecule has 0 aromatic carbocycles. The summed E-state index contributed by atoms with van der Waals surface area (Å²) in [6.45, 7) is 7.28. The van der Waals surface area contributed by atoms with E-state index in [0.717, 1.165) is 26.1 Å². The van der Waals surface area contributed by atoms with Crippen LogP contribution in [0.4, 0.5) is 0 Å². The zero-order valence-electron chi connectivity index (χ0n) is 13.9.